The highest BCUT2D eigenvalue weighted by Crippen LogP contribution is 2.36. The van der Waals surface area contributed by atoms with Gasteiger partial charge in [-0.3, -0.25) is 0 Å². The zero-order valence-electron chi connectivity index (χ0n) is 12.9. The molecule has 1 aliphatic heterocycles. The Balaban J connectivity index is 1.36. The lowest BCUT2D eigenvalue weighted by Gasteiger charge is -2.23. The molecule has 0 spiro atoms. The molecule has 1 saturated carbocycles. The molecule has 0 bridgehead atoms. The van der Waals surface area contributed by atoms with Crippen molar-refractivity contribution in [2.45, 2.75) is 43.4 Å². The van der Waals surface area contributed by atoms with Crippen molar-refractivity contribution in [2.75, 3.05) is 12.4 Å². The van der Waals surface area contributed by atoms with Crippen LogP contribution in [0.25, 0.3) is 0 Å². The van der Waals surface area contributed by atoms with Gasteiger partial charge in [0, 0.05) is 5.75 Å². The Hall–Kier alpha value is -1.69. The number of rotatable bonds is 4. The van der Waals surface area contributed by atoms with Crippen molar-refractivity contribution in [2.24, 2.45) is 5.92 Å². The second-order valence-electron chi connectivity index (χ2n) is 6.09. The van der Waals surface area contributed by atoms with Gasteiger partial charge in [0.1, 0.15) is 6.61 Å². The maximum absolute atomic E-state index is 5.90. The zero-order chi connectivity index (χ0) is 15.5. The number of ether oxygens (including phenoxy) is 2. The molecule has 0 amide bonds. The quantitative estimate of drug-likeness (QED) is 0.780. The van der Waals surface area contributed by atoms with E-state index in [4.69, 9.17) is 13.9 Å². The highest BCUT2D eigenvalue weighted by Gasteiger charge is 2.27. The molecule has 2 heterocycles. The van der Waals surface area contributed by atoms with E-state index in [1.807, 2.05) is 24.3 Å². The number of aromatic nitrogens is 2. The molecule has 1 unspecified atom stereocenters. The lowest BCUT2D eigenvalue weighted by Crippen LogP contribution is -2.21. The van der Waals surface area contributed by atoms with Gasteiger partial charge in [-0.25, -0.2) is 0 Å². The van der Waals surface area contributed by atoms with E-state index in [1.54, 1.807) is 11.8 Å². The zero-order valence-corrected chi connectivity index (χ0v) is 13.8. The molecule has 1 aliphatic carbocycles. The molecule has 2 aliphatic rings. The fourth-order valence-corrected chi connectivity index (χ4v) is 4.05. The summed E-state index contributed by atoms with van der Waals surface area (Å²) in [6, 6.07) is 7.63. The third-order valence-electron chi connectivity index (χ3n) is 4.37. The molecule has 0 N–H and O–H groups in total. The van der Waals surface area contributed by atoms with E-state index in [-0.39, 0.29) is 6.10 Å². The number of thioether (sulfide) groups is 1. The summed E-state index contributed by atoms with van der Waals surface area (Å²) in [5.74, 6) is 3.82. The molecule has 0 radical (unpaired) electrons. The first-order chi connectivity index (χ1) is 11.4. The standard InChI is InChI=1S/C17H20N2O3S/c1-2-6-12(7-3-1)11-23-17-19-18-16(22-17)15-10-20-13-8-4-5-9-14(13)21-15/h4-5,8-9,12,15H,1-3,6-7,10-11H2. The highest BCUT2D eigenvalue weighted by atomic mass is 32.2. The Morgan fingerprint density at radius 1 is 1.04 bits per heavy atom. The first-order valence-corrected chi connectivity index (χ1v) is 9.22. The van der Waals surface area contributed by atoms with E-state index in [2.05, 4.69) is 10.2 Å². The topological polar surface area (TPSA) is 57.4 Å². The van der Waals surface area contributed by atoms with Crippen LogP contribution in [0.15, 0.2) is 33.9 Å². The van der Waals surface area contributed by atoms with Crippen molar-refractivity contribution in [3.8, 4) is 11.5 Å². The number of fused-ring (bicyclic) bond motifs is 1. The summed E-state index contributed by atoms with van der Waals surface area (Å²) < 4.78 is 17.4. The second-order valence-corrected chi connectivity index (χ2v) is 7.06. The third-order valence-corrected chi connectivity index (χ3v) is 5.42. The molecule has 122 valence electrons. The summed E-state index contributed by atoms with van der Waals surface area (Å²) >= 11 is 1.66. The smallest absolute Gasteiger partial charge is 0.276 e. The maximum atomic E-state index is 5.90. The molecular weight excluding hydrogens is 312 g/mol. The minimum Gasteiger partial charge on any atom is -0.485 e. The fraction of sp³-hybridized carbons (Fsp3) is 0.529. The van der Waals surface area contributed by atoms with Gasteiger partial charge >= 0.3 is 0 Å². The Morgan fingerprint density at radius 2 is 1.87 bits per heavy atom. The van der Waals surface area contributed by atoms with Crippen LogP contribution < -0.4 is 9.47 Å². The molecule has 1 fully saturated rings. The van der Waals surface area contributed by atoms with Gasteiger partial charge in [-0.2, -0.15) is 0 Å². The van der Waals surface area contributed by atoms with Gasteiger partial charge in [0.15, 0.2) is 11.5 Å². The fourth-order valence-electron chi connectivity index (χ4n) is 3.09. The lowest BCUT2D eigenvalue weighted by molar-refractivity contribution is 0.0686. The lowest BCUT2D eigenvalue weighted by atomic mass is 9.91. The minimum atomic E-state index is -0.332. The van der Waals surface area contributed by atoms with Gasteiger partial charge in [-0.05, 0) is 30.9 Å². The third kappa shape index (κ3) is 3.47. The van der Waals surface area contributed by atoms with Gasteiger partial charge in [0.05, 0.1) is 0 Å². The average molecular weight is 332 g/mol. The molecule has 1 aromatic carbocycles. The van der Waals surface area contributed by atoms with Crippen molar-refractivity contribution in [3.63, 3.8) is 0 Å². The van der Waals surface area contributed by atoms with E-state index >= 15 is 0 Å². The molecule has 23 heavy (non-hydrogen) atoms. The van der Waals surface area contributed by atoms with Crippen molar-refractivity contribution in [3.05, 3.63) is 30.2 Å². The van der Waals surface area contributed by atoms with Gasteiger partial charge in [0.25, 0.3) is 11.1 Å². The van der Waals surface area contributed by atoms with E-state index < -0.39 is 0 Å². The van der Waals surface area contributed by atoms with Crippen LogP contribution in [0.4, 0.5) is 0 Å². The first kappa shape index (κ1) is 14.9. The highest BCUT2D eigenvalue weighted by molar-refractivity contribution is 7.99. The molecule has 6 heteroatoms. The van der Waals surface area contributed by atoms with Crippen LogP contribution in [0.3, 0.4) is 0 Å². The molecule has 0 saturated heterocycles. The normalized spacial score (nSPS) is 21.3. The number of hydrogen-bond donors (Lipinski definition) is 0. The molecule has 1 atom stereocenters. The van der Waals surface area contributed by atoms with Crippen LogP contribution in [0, 0.1) is 5.92 Å². The summed E-state index contributed by atoms with van der Waals surface area (Å²) in [5.41, 5.74) is 0. The molecular formula is C17H20N2O3S. The van der Waals surface area contributed by atoms with Gasteiger partial charge in [0.2, 0.25) is 6.10 Å². The van der Waals surface area contributed by atoms with Gasteiger partial charge < -0.3 is 13.9 Å². The predicted molar refractivity (Wildman–Crippen MR) is 86.9 cm³/mol. The predicted octanol–water partition coefficient (Wildman–Crippen LogP) is 4.25. The van der Waals surface area contributed by atoms with Crippen molar-refractivity contribution in [1.29, 1.82) is 0 Å². The van der Waals surface area contributed by atoms with E-state index in [1.165, 1.54) is 32.1 Å². The van der Waals surface area contributed by atoms with Gasteiger partial charge in [-0.1, -0.05) is 43.2 Å². The van der Waals surface area contributed by atoms with Crippen molar-refractivity contribution < 1.29 is 13.9 Å². The summed E-state index contributed by atoms with van der Waals surface area (Å²) in [6.45, 7) is 0.395. The summed E-state index contributed by atoms with van der Waals surface area (Å²) in [5, 5.41) is 8.91. The minimum absolute atomic E-state index is 0.332. The molecule has 4 rings (SSSR count). The largest absolute Gasteiger partial charge is 0.485 e. The summed E-state index contributed by atoms with van der Waals surface area (Å²) in [6.07, 6.45) is 6.41. The Morgan fingerprint density at radius 3 is 2.74 bits per heavy atom. The summed E-state index contributed by atoms with van der Waals surface area (Å²) in [4.78, 5) is 0. The molecule has 2 aromatic rings. The van der Waals surface area contributed by atoms with Crippen LogP contribution in [-0.2, 0) is 0 Å². The average Bonchev–Trinajstić information content (AvgIpc) is 3.09. The SMILES string of the molecule is c1ccc2c(c1)OCC(c1nnc(SCC3CCCCC3)o1)O2. The van der Waals surface area contributed by atoms with Gasteiger partial charge in [-0.15, -0.1) is 10.2 Å². The monoisotopic (exact) mass is 332 g/mol. The number of nitrogens with zero attached hydrogens (tertiary/aromatic N) is 2. The van der Waals surface area contributed by atoms with E-state index in [0.29, 0.717) is 17.7 Å². The number of hydrogen-bond acceptors (Lipinski definition) is 6. The van der Waals surface area contributed by atoms with Crippen LogP contribution in [0.2, 0.25) is 0 Å². The van der Waals surface area contributed by atoms with Crippen molar-refractivity contribution in [1.82, 2.24) is 10.2 Å². The first-order valence-electron chi connectivity index (χ1n) is 8.23. The molecule has 1 aromatic heterocycles. The Bertz CT molecular complexity index is 655. The number of para-hydroxylation sites is 2. The van der Waals surface area contributed by atoms with Crippen LogP contribution in [0.5, 0.6) is 11.5 Å². The maximum Gasteiger partial charge on any atom is 0.276 e. The Kier molecular flexibility index (Phi) is 4.41. The van der Waals surface area contributed by atoms with E-state index in [0.717, 1.165) is 23.2 Å². The second kappa shape index (κ2) is 6.83. The summed E-state index contributed by atoms with van der Waals surface area (Å²) in [7, 11) is 0. The van der Waals surface area contributed by atoms with Crippen LogP contribution in [-0.4, -0.2) is 22.6 Å². The van der Waals surface area contributed by atoms with Crippen LogP contribution >= 0.6 is 11.8 Å². The van der Waals surface area contributed by atoms with Crippen molar-refractivity contribution >= 4 is 11.8 Å². The Labute approximate surface area is 139 Å². The van der Waals surface area contributed by atoms with Crippen LogP contribution in [0.1, 0.15) is 44.1 Å². The number of benzene rings is 1. The van der Waals surface area contributed by atoms with E-state index in [9.17, 15) is 0 Å². The molecule has 5 nitrogen and oxygen atoms in total.